The molecular formula is C24H32N2O6. The highest BCUT2D eigenvalue weighted by Crippen LogP contribution is 2.20. The molecule has 32 heavy (non-hydrogen) atoms. The van der Waals surface area contributed by atoms with E-state index in [0.29, 0.717) is 24.3 Å². The van der Waals surface area contributed by atoms with E-state index in [-0.39, 0.29) is 25.7 Å². The van der Waals surface area contributed by atoms with Gasteiger partial charge in [0, 0.05) is 18.1 Å². The number of aryl methyl sites for hydroxylation is 1. The molecule has 0 aliphatic rings. The lowest BCUT2D eigenvalue weighted by atomic mass is 9.92. The van der Waals surface area contributed by atoms with Crippen LogP contribution in [0.4, 0.5) is 0 Å². The SMILES string of the molecule is CCOCOC[C@H](C[C@H](Cc1cccc(OC)c1)C(=O)NO)NC(=O)c1ccc(C)cc1. The molecule has 0 aliphatic heterocycles. The minimum atomic E-state index is -0.605. The van der Waals surface area contributed by atoms with Crippen molar-refractivity contribution in [3.05, 3.63) is 65.2 Å². The maximum Gasteiger partial charge on any atom is 0.251 e. The lowest BCUT2D eigenvalue weighted by molar-refractivity contribution is -0.134. The summed E-state index contributed by atoms with van der Waals surface area (Å²) in [5, 5.41) is 12.2. The average molecular weight is 445 g/mol. The number of hydrogen-bond acceptors (Lipinski definition) is 6. The monoisotopic (exact) mass is 444 g/mol. The van der Waals surface area contributed by atoms with E-state index < -0.39 is 17.9 Å². The zero-order valence-corrected chi connectivity index (χ0v) is 18.8. The van der Waals surface area contributed by atoms with Crippen LogP contribution >= 0.6 is 0 Å². The highest BCUT2D eigenvalue weighted by molar-refractivity contribution is 5.94. The number of amides is 2. The van der Waals surface area contributed by atoms with Crippen LogP contribution in [0.25, 0.3) is 0 Å². The van der Waals surface area contributed by atoms with Crippen molar-refractivity contribution in [3.63, 3.8) is 0 Å². The molecule has 174 valence electrons. The molecule has 0 aromatic heterocycles. The van der Waals surface area contributed by atoms with Crippen LogP contribution in [-0.2, 0) is 20.7 Å². The number of hydrogen-bond donors (Lipinski definition) is 3. The molecule has 0 fully saturated rings. The zero-order valence-electron chi connectivity index (χ0n) is 18.8. The Morgan fingerprint density at radius 1 is 1.09 bits per heavy atom. The number of ether oxygens (including phenoxy) is 3. The summed E-state index contributed by atoms with van der Waals surface area (Å²) >= 11 is 0. The van der Waals surface area contributed by atoms with Crippen LogP contribution in [0.2, 0.25) is 0 Å². The molecule has 8 heteroatoms. The van der Waals surface area contributed by atoms with E-state index in [1.54, 1.807) is 24.7 Å². The van der Waals surface area contributed by atoms with E-state index in [4.69, 9.17) is 14.2 Å². The molecule has 2 atom stereocenters. The molecule has 2 aromatic rings. The van der Waals surface area contributed by atoms with Gasteiger partial charge in [0.25, 0.3) is 5.91 Å². The van der Waals surface area contributed by atoms with Crippen LogP contribution in [0.3, 0.4) is 0 Å². The minimum Gasteiger partial charge on any atom is -0.497 e. The quantitative estimate of drug-likeness (QED) is 0.190. The Morgan fingerprint density at radius 3 is 2.50 bits per heavy atom. The predicted octanol–water partition coefficient (Wildman–Crippen LogP) is 2.87. The number of carbonyl (C=O) groups excluding carboxylic acids is 2. The third-order valence-corrected chi connectivity index (χ3v) is 5.01. The van der Waals surface area contributed by atoms with E-state index in [1.165, 1.54) is 0 Å². The summed E-state index contributed by atoms with van der Waals surface area (Å²) in [6, 6.07) is 14.1. The Morgan fingerprint density at radius 2 is 1.84 bits per heavy atom. The second-order valence-corrected chi connectivity index (χ2v) is 7.48. The van der Waals surface area contributed by atoms with Crippen LogP contribution in [0.1, 0.15) is 34.8 Å². The van der Waals surface area contributed by atoms with Gasteiger partial charge in [-0.2, -0.15) is 0 Å². The number of hydroxylamine groups is 1. The van der Waals surface area contributed by atoms with Crippen molar-refractivity contribution < 1.29 is 29.0 Å². The molecule has 0 unspecified atom stereocenters. The molecule has 8 nitrogen and oxygen atoms in total. The minimum absolute atomic E-state index is 0.0835. The number of methoxy groups -OCH3 is 1. The summed E-state index contributed by atoms with van der Waals surface area (Å²) in [4.78, 5) is 25.2. The fourth-order valence-electron chi connectivity index (χ4n) is 3.28. The highest BCUT2D eigenvalue weighted by atomic mass is 16.7. The fraction of sp³-hybridized carbons (Fsp3) is 0.417. The smallest absolute Gasteiger partial charge is 0.251 e. The largest absolute Gasteiger partial charge is 0.497 e. The summed E-state index contributed by atoms with van der Waals surface area (Å²) in [5.74, 6) is -0.729. The molecule has 0 saturated heterocycles. The molecule has 2 rings (SSSR count). The van der Waals surface area contributed by atoms with Crippen LogP contribution in [0.5, 0.6) is 5.75 Å². The second kappa shape index (κ2) is 13.5. The summed E-state index contributed by atoms with van der Waals surface area (Å²) in [5.41, 5.74) is 4.18. The normalized spacial score (nSPS) is 12.6. The summed E-state index contributed by atoms with van der Waals surface area (Å²) in [6.07, 6.45) is 0.610. The van der Waals surface area contributed by atoms with Gasteiger partial charge in [0.2, 0.25) is 5.91 Å². The maximum atomic E-state index is 12.8. The first kappa shape index (κ1) is 25.3. The van der Waals surface area contributed by atoms with Gasteiger partial charge in [-0.15, -0.1) is 0 Å². The Balaban J connectivity index is 2.14. The van der Waals surface area contributed by atoms with Crippen molar-refractivity contribution in [2.24, 2.45) is 5.92 Å². The molecule has 2 amide bonds. The summed E-state index contributed by atoms with van der Waals surface area (Å²) in [7, 11) is 1.57. The zero-order chi connectivity index (χ0) is 23.3. The topological polar surface area (TPSA) is 106 Å². The van der Waals surface area contributed by atoms with Gasteiger partial charge in [-0.3, -0.25) is 14.8 Å². The standard InChI is InChI=1S/C24H32N2O6/c1-4-31-16-32-15-21(25-23(27)19-10-8-17(2)9-11-19)14-20(24(28)26-29)12-18-6-5-7-22(13-18)30-3/h5-11,13,20-21,29H,4,12,14-16H2,1-3H3,(H,25,27)(H,26,28)/t20-,21-/m0/s1. The van der Waals surface area contributed by atoms with Crippen molar-refractivity contribution in [1.82, 2.24) is 10.8 Å². The molecular weight excluding hydrogens is 412 g/mol. The first-order valence-electron chi connectivity index (χ1n) is 10.6. The lowest BCUT2D eigenvalue weighted by Crippen LogP contribution is -2.42. The van der Waals surface area contributed by atoms with Gasteiger partial charge in [-0.05, 0) is 56.5 Å². The summed E-state index contributed by atoms with van der Waals surface area (Å²) in [6.45, 7) is 4.55. The van der Waals surface area contributed by atoms with Gasteiger partial charge in [0.15, 0.2) is 0 Å². The van der Waals surface area contributed by atoms with Gasteiger partial charge < -0.3 is 19.5 Å². The Kier molecular flexibility index (Phi) is 10.7. The van der Waals surface area contributed by atoms with Crippen molar-refractivity contribution in [2.45, 2.75) is 32.7 Å². The van der Waals surface area contributed by atoms with E-state index in [1.807, 2.05) is 50.2 Å². The number of nitrogens with one attached hydrogen (secondary N) is 2. The third kappa shape index (κ3) is 8.30. The molecule has 3 N–H and O–H groups in total. The number of carbonyl (C=O) groups is 2. The molecule has 0 aliphatic carbocycles. The van der Waals surface area contributed by atoms with Crippen molar-refractivity contribution >= 4 is 11.8 Å². The first-order valence-corrected chi connectivity index (χ1v) is 10.6. The van der Waals surface area contributed by atoms with Gasteiger partial charge in [0.05, 0.1) is 19.8 Å². The average Bonchev–Trinajstić information content (AvgIpc) is 2.81. The van der Waals surface area contributed by atoms with Crippen LogP contribution in [0.15, 0.2) is 48.5 Å². The number of rotatable bonds is 13. The molecule has 0 radical (unpaired) electrons. The van der Waals surface area contributed by atoms with E-state index in [2.05, 4.69) is 5.32 Å². The van der Waals surface area contributed by atoms with Crippen LogP contribution < -0.4 is 15.5 Å². The molecule has 0 saturated carbocycles. The first-order chi connectivity index (χ1) is 15.5. The Hall–Kier alpha value is -2.94. The Bertz CT molecular complexity index is 856. The number of benzene rings is 2. The lowest BCUT2D eigenvalue weighted by Gasteiger charge is -2.24. The van der Waals surface area contributed by atoms with E-state index >= 15 is 0 Å². The molecule has 0 bridgehead atoms. The van der Waals surface area contributed by atoms with Gasteiger partial charge in [0.1, 0.15) is 12.5 Å². The van der Waals surface area contributed by atoms with Gasteiger partial charge in [-0.25, -0.2) is 5.48 Å². The van der Waals surface area contributed by atoms with Crippen molar-refractivity contribution in [2.75, 3.05) is 27.1 Å². The maximum absolute atomic E-state index is 12.8. The molecule has 0 spiro atoms. The van der Waals surface area contributed by atoms with Crippen LogP contribution in [-0.4, -0.2) is 50.2 Å². The van der Waals surface area contributed by atoms with E-state index in [0.717, 1.165) is 11.1 Å². The predicted molar refractivity (Wildman–Crippen MR) is 120 cm³/mol. The van der Waals surface area contributed by atoms with Crippen LogP contribution in [0, 0.1) is 12.8 Å². The molecule has 2 aromatic carbocycles. The highest BCUT2D eigenvalue weighted by Gasteiger charge is 2.25. The summed E-state index contributed by atoms with van der Waals surface area (Å²) < 4.78 is 16.0. The second-order valence-electron chi connectivity index (χ2n) is 7.48. The van der Waals surface area contributed by atoms with E-state index in [9.17, 15) is 14.8 Å². The fourth-order valence-corrected chi connectivity index (χ4v) is 3.28. The Labute approximate surface area is 188 Å². The van der Waals surface area contributed by atoms with Gasteiger partial charge in [-0.1, -0.05) is 29.8 Å². The van der Waals surface area contributed by atoms with Crippen molar-refractivity contribution in [1.29, 1.82) is 0 Å². The van der Waals surface area contributed by atoms with Crippen molar-refractivity contribution in [3.8, 4) is 5.75 Å². The molecule has 0 heterocycles. The van der Waals surface area contributed by atoms with Gasteiger partial charge >= 0.3 is 0 Å². The third-order valence-electron chi connectivity index (χ3n) is 5.01.